The summed E-state index contributed by atoms with van der Waals surface area (Å²) in [5.74, 6) is -0.299. The van der Waals surface area contributed by atoms with Crippen LogP contribution in [0, 0.1) is 5.82 Å². The number of rotatable bonds is 5. The molecule has 1 saturated heterocycles. The summed E-state index contributed by atoms with van der Waals surface area (Å²) in [4.78, 5) is 13.8. The number of ether oxygens (including phenoxy) is 1. The first-order chi connectivity index (χ1) is 10.2. The summed E-state index contributed by atoms with van der Waals surface area (Å²) < 4.78 is 18.2. The molecule has 5 nitrogen and oxygen atoms in total. The van der Waals surface area contributed by atoms with Gasteiger partial charge in [-0.1, -0.05) is 12.1 Å². The first kappa shape index (κ1) is 15.5. The summed E-state index contributed by atoms with van der Waals surface area (Å²) in [6.07, 6.45) is 3.14. The molecule has 0 spiro atoms. The van der Waals surface area contributed by atoms with Crippen molar-refractivity contribution in [2.45, 2.75) is 0 Å². The van der Waals surface area contributed by atoms with Crippen molar-refractivity contribution in [2.75, 3.05) is 39.4 Å². The molecule has 6 heteroatoms. The lowest BCUT2D eigenvalue weighted by Gasteiger charge is -2.26. The van der Waals surface area contributed by atoms with E-state index in [2.05, 4.69) is 15.5 Å². The third kappa shape index (κ3) is 5.93. The maximum absolute atomic E-state index is 12.9. The first-order valence-corrected chi connectivity index (χ1v) is 7.00. The van der Waals surface area contributed by atoms with Gasteiger partial charge in [0.05, 0.1) is 13.2 Å². The Hall–Kier alpha value is -1.92. The van der Waals surface area contributed by atoms with E-state index in [0.29, 0.717) is 12.1 Å². The van der Waals surface area contributed by atoms with Crippen LogP contribution in [0.15, 0.2) is 30.5 Å². The molecule has 1 fully saturated rings. The topological polar surface area (TPSA) is 53.6 Å². The molecule has 1 aromatic rings. The van der Waals surface area contributed by atoms with E-state index in [1.807, 2.05) is 0 Å². The number of hydrogen-bond donors (Lipinski definition) is 2. The van der Waals surface area contributed by atoms with Gasteiger partial charge in [-0.05, 0) is 23.8 Å². The van der Waals surface area contributed by atoms with Crippen molar-refractivity contribution < 1.29 is 13.9 Å². The second-order valence-corrected chi connectivity index (χ2v) is 4.74. The van der Waals surface area contributed by atoms with E-state index in [4.69, 9.17) is 4.74 Å². The number of nitrogens with one attached hydrogen (secondary N) is 2. The molecule has 114 valence electrons. The smallest absolute Gasteiger partial charge is 0.318 e. The Balaban J connectivity index is 1.63. The SMILES string of the molecule is O=C(N/C=C/c1cccc(F)c1)NCCN1CCOCC1. The van der Waals surface area contributed by atoms with Crippen molar-refractivity contribution in [3.05, 3.63) is 41.8 Å². The summed E-state index contributed by atoms with van der Waals surface area (Å²) in [6.45, 7) is 4.71. The molecule has 0 bridgehead atoms. The number of morpholine rings is 1. The van der Waals surface area contributed by atoms with Gasteiger partial charge in [-0.15, -0.1) is 0 Å². The minimum Gasteiger partial charge on any atom is -0.379 e. The van der Waals surface area contributed by atoms with Crippen molar-refractivity contribution in [1.82, 2.24) is 15.5 Å². The molecule has 2 N–H and O–H groups in total. The molecule has 1 aliphatic heterocycles. The largest absolute Gasteiger partial charge is 0.379 e. The van der Waals surface area contributed by atoms with Gasteiger partial charge in [-0.3, -0.25) is 4.90 Å². The summed E-state index contributed by atoms with van der Waals surface area (Å²) >= 11 is 0. The highest BCUT2D eigenvalue weighted by atomic mass is 19.1. The number of urea groups is 1. The lowest BCUT2D eigenvalue weighted by atomic mass is 10.2. The highest BCUT2D eigenvalue weighted by molar-refractivity contribution is 5.75. The van der Waals surface area contributed by atoms with Crippen LogP contribution in [-0.2, 0) is 4.74 Å². The maximum Gasteiger partial charge on any atom is 0.318 e. The molecule has 0 saturated carbocycles. The van der Waals surface area contributed by atoms with Crippen LogP contribution in [0.5, 0.6) is 0 Å². The summed E-state index contributed by atoms with van der Waals surface area (Å²) in [5.41, 5.74) is 0.698. The van der Waals surface area contributed by atoms with Crippen molar-refractivity contribution in [2.24, 2.45) is 0 Å². The predicted molar refractivity (Wildman–Crippen MR) is 79.2 cm³/mol. The Morgan fingerprint density at radius 3 is 2.95 bits per heavy atom. The second kappa shape index (κ2) is 8.39. The predicted octanol–water partition coefficient (Wildman–Crippen LogP) is 1.43. The van der Waals surface area contributed by atoms with Gasteiger partial charge in [0.15, 0.2) is 0 Å². The molecule has 1 aliphatic rings. The van der Waals surface area contributed by atoms with Crippen LogP contribution >= 0.6 is 0 Å². The van der Waals surface area contributed by atoms with Gasteiger partial charge < -0.3 is 15.4 Å². The molecule has 0 radical (unpaired) electrons. The summed E-state index contributed by atoms with van der Waals surface area (Å²) in [6, 6.07) is 5.89. The van der Waals surface area contributed by atoms with Crippen LogP contribution in [0.25, 0.3) is 6.08 Å². The zero-order valence-corrected chi connectivity index (χ0v) is 11.8. The average Bonchev–Trinajstić information content (AvgIpc) is 2.48. The number of halogens is 1. The highest BCUT2D eigenvalue weighted by Gasteiger charge is 2.09. The van der Waals surface area contributed by atoms with Gasteiger partial charge in [-0.2, -0.15) is 0 Å². The van der Waals surface area contributed by atoms with Gasteiger partial charge >= 0.3 is 6.03 Å². The number of nitrogens with zero attached hydrogens (tertiary/aromatic N) is 1. The fraction of sp³-hybridized carbons (Fsp3) is 0.400. The monoisotopic (exact) mass is 293 g/mol. The third-order valence-electron chi connectivity index (χ3n) is 3.16. The molecule has 21 heavy (non-hydrogen) atoms. The fourth-order valence-electron chi connectivity index (χ4n) is 2.03. The number of amides is 2. The number of benzene rings is 1. The van der Waals surface area contributed by atoms with Crippen LogP contribution in [0.3, 0.4) is 0 Å². The lowest BCUT2D eigenvalue weighted by molar-refractivity contribution is 0.0387. The second-order valence-electron chi connectivity index (χ2n) is 4.74. The molecule has 0 aliphatic carbocycles. The lowest BCUT2D eigenvalue weighted by Crippen LogP contribution is -2.42. The van der Waals surface area contributed by atoms with E-state index in [1.54, 1.807) is 18.2 Å². The van der Waals surface area contributed by atoms with Gasteiger partial charge in [-0.25, -0.2) is 9.18 Å². The average molecular weight is 293 g/mol. The summed E-state index contributed by atoms with van der Waals surface area (Å²) in [5, 5.41) is 5.36. The van der Waals surface area contributed by atoms with E-state index in [1.165, 1.54) is 18.3 Å². The first-order valence-electron chi connectivity index (χ1n) is 7.00. The van der Waals surface area contributed by atoms with Crippen molar-refractivity contribution >= 4 is 12.1 Å². The molecule has 0 aromatic heterocycles. The molecule has 1 aromatic carbocycles. The molecular formula is C15H20FN3O2. The molecule has 1 heterocycles. The standard InChI is InChI=1S/C15H20FN3O2/c16-14-3-1-2-13(12-14)4-5-17-15(20)18-6-7-19-8-10-21-11-9-19/h1-5,12H,6-11H2,(H2,17,18,20)/b5-4+. The molecule has 2 amide bonds. The van der Waals surface area contributed by atoms with Crippen molar-refractivity contribution in [3.8, 4) is 0 Å². The Bertz CT molecular complexity index is 488. The van der Waals surface area contributed by atoms with E-state index >= 15 is 0 Å². The van der Waals surface area contributed by atoms with Crippen LogP contribution < -0.4 is 10.6 Å². The molecule has 2 rings (SSSR count). The highest BCUT2D eigenvalue weighted by Crippen LogP contribution is 2.04. The third-order valence-corrected chi connectivity index (χ3v) is 3.16. The minimum absolute atomic E-state index is 0.268. The Kier molecular flexibility index (Phi) is 6.18. The van der Waals surface area contributed by atoms with E-state index in [9.17, 15) is 9.18 Å². The molecule has 0 unspecified atom stereocenters. The number of carbonyl (C=O) groups is 1. The van der Waals surface area contributed by atoms with Crippen LogP contribution in [0.1, 0.15) is 5.56 Å². The van der Waals surface area contributed by atoms with Gasteiger partial charge in [0, 0.05) is 32.4 Å². The fourth-order valence-corrected chi connectivity index (χ4v) is 2.03. The van der Waals surface area contributed by atoms with E-state index < -0.39 is 0 Å². The zero-order chi connectivity index (χ0) is 14.9. The maximum atomic E-state index is 12.9. The minimum atomic E-state index is -0.299. The number of carbonyl (C=O) groups excluding carboxylic acids is 1. The van der Waals surface area contributed by atoms with Crippen LogP contribution in [0.4, 0.5) is 9.18 Å². The van der Waals surface area contributed by atoms with Gasteiger partial charge in [0.25, 0.3) is 0 Å². The van der Waals surface area contributed by atoms with Crippen molar-refractivity contribution in [3.63, 3.8) is 0 Å². The van der Waals surface area contributed by atoms with E-state index in [0.717, 1.165) is 32.8 Å². The van der Waals surface area contributed by atoms with Crippen molar-refractivity contribution in [1.29, 1.82) is 0 Å². The van der Waals surface area contributed by atoms with Gasteiger partial charge in [0.1, 0.15) is 5.82 Å². The Labute approximate surface area is 123 Å². The normalized spacial score (nSPS) is 16.0. The zero-order valence-electron chi connectivity index (χ0n) is 11.8. The summed E-state index contributed by atoms with van der Waals surface area (Å²) in [7, 11) is 0. The Morgan fingerprint density at radius 2 is 2.19 bits per heavy atom. The van der Waals surface area contributed by atoms with E-state index in [-0.39, 0.29) is 11.8 Å². The molecule has 0 atom stereocenters. The van der Waals surface area contributed by atoms with Crippen LogP contribution in [0.2, 0.25) is 0 Å². The molecular weight excluding hydrogens is 273 g/mol. The Morgan fingerprint density at radius 1 is 1.38 bits per heavy atom. The van der Waals surface area contributed by atoms with Gasteiger partial charge in [0.2, 0.25) is 0 Å². The number of hydrogen-bond acceptors (Lipinski definition) is 3. The van der Waals surface area contributed by atoms with Crippen LogP contribution in [-0.4, -0.2) is 50.3 Å². The quantitative estimate of drug-likeness (QED) is 0.863.